The van der Waals surface area contributed by atoms with E-state index < -0.39 is 13.9 Å². The van der Waals surface area contributed by atoms with Gasteiger partial charge in [-0.25, -0.2) is 0 Å². The van der Waals surface area contributed by atoms with Crippen LogP contribution in [0.15, 0.2) is 12.1 Å². The number of rotatable bonds is 4. The molecule has 2 aliphatic heterocycles. The molecule has 2 heterocycles. The van der Waals surface area contributed by atoms with E-state index in [9.17, 15) is 5.11 Å². The van der Waals surface area contributed by atoms with Crippen LogP contribution in [0.5, 0.6) is 11.5 Å². The first-order chi connectivity index (χ1) is 14.6. The van der Waals surface area contributed by atoms with Crippen LogP contribution in [0.2, 0.25) is 18.1 Å². The lowest BCUT2D eigenvalue weighted by molar-refractivity contribution is -0.185. The lowest BCUT2D eigenvalue weighted by Gasteiger charge is -2.63. The summed E-state index contributed by atoms with van der Waals surface area (Å²) >= 11 is 0. The summed E-state index contributed by atoms with van der Waals surface area (Å²) in [5.74, 6) is 2.76. The van der Waals surface area contributed by atoms with Crippen molar-refractivity contribution in [1.29, 1.82) is 0 Å². The van der Waals surface area contributed by atoms with E-state index in [-0.39, 0.29) is 22.6 Å². The Labute approximate surface area is 188 Å². The van der Waals surface area contributed by atoms with Gasteiger partial charge in [-0.15, -0.1) is 0 Å². The molecule has 31 heavy (non-hydrogen) atoms. The second kappa shape index (κ2) is 6.30. The lowest BCUT2D eigenvalue weighted by atomic mass is 9.49. The Morgan fingerprint density at radius 1 is 1.19 bits per heavy atom. The first-order valence-corrected chi connectivity index (χ1v) is 15.5. The highest BCUT2D eigenvalue weighted by atomic mass is 28.4. The van der Waals surface area contributed by atoms with Gasteiger partial charge in [0, 0.05) is 18.2 Å². The summed E-state index contributed by atoms with van der Waals surface area (Å²) in [5.41, 5.74) is 1.80. The molecule has 5 aliphatic rings. The molecule has 6 rings (SSSR count). The van der Waals surface area contributed by atoms with Crippen molar-refractivity contribution < 1.29 is 14.3 Å². The number of aliphatic hydroxyl groups is 1. The van der Waals surface area contributed by atoms with Gasteiger partial charge in [0.2, 0.25) is 0 Å². The van der Waals surface area contributed by atoms with Crippen LogP contribution in [-0.4, -0.2) is 49.2 Å². The summed E-state index contributed by atoms with van der Waals surface area (Å²) in [5, 5.41) is 12.6. The molecule has 5 heteroatoms. The molecular formula is C26H39NO3Si. The number of ether oxygens (including phenoxy) is 1. The Bertz CT molecular complexity index is 920. The third-order valence-electron chi connectivity index (χ3n) is 9.82. The standard InChI is InChI=1S/C26H39NO3Si/c1-24(2,3)31(4,5)30-19-11-10-18-15-20-26(28)12-6-7-21-25(26,22(18)23(19)29-21)13-14-27(20)16-17-8-9-17/h10-11,17,20-21,28H,6-9,12-16H2,1-5H3/t20?,21-,25+,26+/m0/s1. The van der Waals surface area contributed by atoms with Gasteiger partial charge in [-0.1, -0.05) is 26.8 Å². The van der Waals surface area contributed by atoms with Crippen molar-refractivity contribution in [1.82, 2.24) is 4.90 Å². The molecule has 1 spiro atoms. The van der Waals surface area contributed by atoms with Crippen molar-refractivity contribution in [2.24, 2.45) is 5.92 Å². The van der Waals surface area contributed by atoms with Crippen LogP contribution in [0.4, 0.5) is 0 Å². The Hall–Kier alpha value is -1.04. The Morgan fingerprint density at radius 2 is 1.97 bits per heavy atom. The van der Waals surface area contributed by atoms with Crippen molar-refractivity contribution in [3.8, 4) is 11.5 Å². The molecule has 4 atom stereocenters. The fourth-order valence-electron chi connectivity index (χ4n) is 6.97. The van der Waals surface area contributed by atoms with E-state index in [1.54, 1.807) is 0 Å². The molecule has 1 N–H and O–H groups in total. The predicted molar refractivity (Wildman–Crippen MR) is 126 cm³/mol. The molecule has 0 amide bonds. The van der Waals surface area contributed by atoms with Gasteiger partial charge < -0.3 is 14.3 Å². The molecule has 0 radical (unpaired) electrons. The molecule has 170 valence electrons. The van der Waals surface area contributed by atoms with Crippen LogP contribution < -0.4 is 9.16 Å². The first-order valence-electron chi connectivity index (χ1n) is 12.6. The van der Waals surface area contributed by atoms with Crippen LogP contribution in [0, 0.1) is 5.92 Å². The summed E-state index contributed by atoms with van der Waals surface area (Å²) < 4.78 is 13.6. The highest BCUT2D eigenvalue weighted by molar-refractivity contribution is 6.74. The quantitative estimate of drug-likeness (QED) is 0.666. The van der Waals surface area contributed by atoms with Gasteiger partial charge in [-0.05, 0) is 87.2 Å². The number of hydrogen-bond acceptors (Lipinski definition) is 4. The first kappa shape index (κ1) is 20.6. The molecule has 3 fully saturated rings. The van der Waals surface area contributed by atoms with Gasteiger partial charge in [0.1, 0.15) is 11.9 Å². The Morgan fingerprint density at radius 3 is 2.68 bits per heavy atom. The van der Waals surface area contributed by atoms with Crippen LogP contribution in [0.1, 0.15) is 70.4 Å². The normalized spacial score (nSPS) is 36.7. The van der Waals surface area contributed by atoms with Gasteiger partial charge in [0.15, 0.2) is 5.75 Å². The lowest BCUT2D eigenvalue weighted by Crippen LogP contribution is -2.75. The van der Waals surface area contributed by atoms with Crippen LogP contribution >= 0.6 is 0 Å². The van der Waals surface area contributed by atoms with Gasteiger partial charge in [-0.2, -0.15) is 0 Å². The van der Waals surface area contributed by atoms with Gasteiger partial charge in [0.25, 0.3) is 8.32 Å². The fraction of sp³-hybridized carbons (Fsp3) is 0.769. The summed E-state index contributed by atoms with van der Waals surface area (Å²) in [6.45, 7) is 13.7. The highest BCUT2D eigenvalue weighted by Gasteiger charge is 2.71. The van der Waals surface area contributed by atoms with E-state index in [0.717, 1.165) is 56.1 Å². The molecule has 2 saturated carbocycles. The molecule has 0 aromatic heterocycles. The van der Waals surface area contributed by atoms with Crippen molar-refractivity contribution in [3.05, 3.63) is 23.3 Å². The second-order valence-corrected chi connectivity index (χ2v) is 17.3. The highest BCUT2D eigenvalue weighted by Crippen LogP contribution is 2.66. The molecule has 1 aromatic carbocycles. The number of likely N-dealkylation sites (tertiary alicyclic amines) is 1. The average molecular weight is 442 g/mol. The largest absolute Gasteiger partial charge is 0.541 e. The van der Waals surface area contributed by atoms with Crippen molar-refractivity contribution >= 4 is 8.32 Å². The zero-order valence-corrected chi connectivity index (χ0v) is 21.0. The molecule has 2 bridgehead atoms. The maximum atomic E-state index is 12.4. The number of benzene rings is 1. The zero-order valence-electron chi connectivity index (χ0n) is 20.0. The zero-order chi connectivity index (χ0) is 21.8. The predicted octanol–water partition coefficient (Wildman–Crippen LogP) is 5.02. The minimum atomic E-state index is -1.98. The van der Waals surface area contributed by atoms with Gasteiger partial charge >= 0.3 is 0 Å². The molecule has 4 nitrogen and oxygen atoms in total. The van der Waals surface area contributed by atoms with E-state index in [2.05, 4.69) is 50.9 Å². The van der Waals surface area contributed by atoms with E-state index >= 15 is 0 Å². The third kappa shape index (κ3) is 2.66. The van der Waals surface area contributed by atoms with E-state index in [0.29, 0.717) is 0 Å². The smallest absolute Gasteiger partial charge is 0.250 e. The number of piperidine rings is 1. The Balaban J connectivity index is 1.46. The summed E-state index contributed by atoms with van der Waals surface area (Å²) in [4.78, 5) is 2.65. The molecular weight excluding hydrogens is 402 g/mol. The van der Waals surface area contributed by atoms with Crippen LogP contribution in [-0.2, 0) is 11.8 Å². The topological polar surface area (TPSA) is 41.9 Å². The van der Waals surface area contributed by atoms with Crippen molar-refractivity contribution in [2.45, 2.75) is 107 Å². The summed E-state index contributed by atoms with van der Waals surface area (Å²) in [7, 11) is -1.98. The van der Waals surface area contributed by atoms with Crippen molar-refractivity contribution in [2.75, 3.05) is 13.1 Å². The number of nitrogens with zero attached hydrogens (tertiary/aromatic N) is 1. The van der Waals surface area contributed by atoms with Gasteiger partial charge in [-0.3, -0.25) is 4.90 Å². The third-order valence-corrected chi connectivity index (χ3v) is 14.2. The second-order valence-electron chi connectivity index (χ2n) is 12.6. The summed E-state index contributed by atoms with van der Waals surface area (Å²) in [6, 6.07) is 4.71. The number of hydrogen-bond donors (Lipinski definition) is 1. The minimum absolute atomic E-state index is 0.0926. The van der Waals surface area contributed by atoms with Crippen molar-refractivity contribution in [3.63, 3.8) is 0 Å². The van der Waals surface area contributed by atoms with E-state index in [1.807, 2.05) is 0 Å². The van der Waals surface area contributed by atoms with Crippen LogP contribution in [0.3, 0.4) is 0 Å². The molecule has 3 aliphatic carbocycles. The molecule has 1 unspecified atom stereocenters. The maximum Gasteiger partial charge on any atom is 0.250 e. The van der Waals surface area contributed by atoms with E-state index in [1.165, 1.54) is 30.5 Å². The van der Waals surface area contributed by atoms with Crippen LogP contribution in [0.25, 0.3) is 0 Å². The monoisotopic (exact) mass is 441 g/mol. The van der Waals surface area contributed by atoms with E-state index in [4.69, 9.17) is 9.16 Å². The molecule has 1 aromatic rings. The fourth-order valence-corrected chi connectivity index (χ4v) is 7.99. The average Bonchev–Trinajstić information content (AvgIpc) is 3.42. The Kier molecular flexibility index (Phi) is 4.17. The minimum Gasteiger partial charge on any atom is -0.541 e. The SMILES string of the molecule is CC(C)(C)[Si](C)(C)Oc1ccc2c3c1O[C@H]1CCC[C@@]4(O)C(C2)N(CC2CC2)CC[C@]314. The van der Waals surface area contributed by atoms with Gasteiger partial charge in [0.05, 0.1) is 11.0 Å². The maximum absolute atomic E-state index is 12.4. The summed E-state index contributed by atoms with van der Waals surface area (Å²) in [6.07, 6.45) is 7.80. The molecule has 1 saturated heterocycles.